The van der Waals surface area contributed by atoms with Crippen LogP contribution in [0.15, 0.2) is 42.5 Å². The van der Waals surface area contributed by atoms with E-state index < -0.39 is 23.6 Å². The number of hydrogen-bond acceptors (Lipinski definition) is 4. The highest BCUT2D eigenvalue weighted by Gasteiger charge is 2.18. The number of carboxylic acids is 1. The third-order valence-corrected chi connectivity index (χ3v) is 3.08. The number of hydrogen-bond donors (Lipinski definition) is 4. The molecule has 2 aromatic rings. The lowest BCUT2D eigenvalue weighted by molar-refractivity contribution is 0.0698. The van der Waals surface area contributed by atoms with Crippen LogP contribution in [0.2, 0.25) is 0 Å². The lowest BCUT2D eigenvalue weighted by atomic mass is 10.1. The van der Waals surface area contributed by atoms with Crippen LogP contribution in [0.5, 0.6) is 0 Å². The molecule has 0 amide bonds. The number of nitrogens with two attached hydrogens (primary N) is 1. The van der Waals surface area contributed by atoms with Crippen molar-refractivity contribution in [1.29, 1.82) is 0 Å². The van der Waals surface area contributed by atoms with Crippen LogP contribution in [-0.4, -0.2) is 22.7 Å². The topological polar surface area (TPSA) is 95.6 Å². The second-order valence-electron chi connectivity index (χ2n) is 4.50. The number of halogens is 1. The first-order valence-electron chi connectivity index (χ1n) is 6.29. The summed E-state index contributed by atoms with van der Waals surface area (Å²) in [7, 11) is 0. The van der Waals surface area contributed by atoms with E-state index in [9.17, 15) is 14.3 Å². The smallest absolute Gasteiger partial charge is 0.340 e. The molecule has 1 atom stereocenters. The van der Waals surface area contributed by atoms with Crippen molar-refractivity contribution >= 4 is 17.3 Å². The number of nitrogens with one attached hydrogen (secondary N) is 1. The van der Waals surface area contributed by atoms with Gasteiger partial charge >= 0.3 is 5.97 Å². The highest BCUT2D eigenvalue weighted by atomic mass is 19.1. The molecule has 0 aromatic heterocycles. The van der Waals surface area contributed by atoms with Gasteiger partial charge in [0.25, 0.3) is 0 Å². The maximum absolute atomic E-state index is 13.3. The zero-order valence-electron chi connectivity index (χ0n) is 11.1. The van der Waals surface area contributed by atoms with Crippen molar-refractivity contribution in [2.75, 3.05) is 17.6 Å². The number of aromatic carboxylic acids is 1. The van der Waals surface area contributed by atoms with Gasteiger partial charge in [-0.25, -0.2) is 9.18 Å². The average molecular weight is 290 g/mol. The minimum atomic E-state index is -1.33. The Hall–Kier alpha value is -2.60. The van der Waals surface area contributed by atoms with Crippen molar-refractivity contribution in [3.8, 4) is 0 Å². The molecule has 0 bridgehead atoms. The summed E-state index contributed by atoms with van der Waals surface area (Å²) < 4.78 is 13.3. The van der Waals surface area contributed by atoms with Crippen molar-refractivity contribution in [3.05, 3.63) is 59.4 Å². The van der Waals surface area contributed by atoms with Crippen LogP contribution >= 0.6 is 0 Å². The number of benzene rings is 2. The van der Waals surface area contributed by atoms with Crippen LogP contribution in [0.4, 0.5) is 15.8 Å². The van der Waals surface area contributed by atoms with E-state index >= 15 is 0 Å². The molecule has 0 radical (unpaired) electrons. The fourth-order valence-corrected chi connectivity index (χ4v) is 1.97. The minimum Gasteiger partial charge on any atom is -0.478 e. The zero-order valence-corrected chi connectivity index (χ0v) is 11.1. The Kier molecular flexibility index (Phi) is 4.39. The van der Waals surface area contributed by atoms with Gasteiger partial charge < -0.3 is 21.3 Å². The summed E-state index contributed by atoms with van der Waals surface area (Å²) in [6, 6.07) is 11.3. The second-order valence-corrected chi connectivity index (χ2v) is 4.50. The molecule has 0 aliphatic carbocycles. The molecule has 110 valence electrons. The van der Waals surface area contributed by atoms with Gasteiger partial charge in [0, 0.05) is 6.54 Å². The Morgan fingerprint density at radius 2 is 1.90 bits per heavy atom. The molecule has 21 heavy (non-hydrogen) atoms. The number of rotatable bonds is 5. The average Bonchev–Trinajstić information content (AvgIpc) is 2.48. The summed E-state index contributed by atoms with van der Waals surface area (Å²) in [6.07, 6.45) is -0.820. The summed E-state index contributed by atoms with van der Waals surface area (Å²) in [5.41, 5.74) is 5.53. The number of carbonyl (C=O) groups is 1. The van der Waals surface area contributed by atoms with E-state index in [4.69, 9.17) is 10.8 Å². The molecule has 0 spiro atoms. The predicted molar refractivity (Wildman–Crippen MR) is 77.7 cm³/mol. The summed E-state index contributed by atoms with van der Waals surface area (Å²) in [5, 5.41) is 21.9. The summed E-state index contributed by atoms with van der Waals surface area (Å²) in [6.45, 7) is 0.0787. The van der Waals surface area contributed by atoms with E-state index in [1.54, 1.807) is 24.3 Å². The van der Waals surface area contributed by atoms with Crippen LogP contribution in [-0.2, 0) is 0 Å². The van der Waals surface area contributed by atoms with Gasteiger partial charge in [0.1, 0.15) is 11.4 Å². The van der Waals surface area contributed by atoms with Gasteiger partial charge in [-0.15, -0.1) is 0 Å². The van der Waals surface area contributed by atoms with Gasteiger partial charge in [-0.05, 0) is 17.7 Å². The first kappa shape index (κ1) is 14.8. The van der Waals surface area contributed by atoms with E-state index in [0.717, 1.165) is 6.07 Å². The predicted octanol–water partition coefficient (Wildman–Crippen LogP) is 2.25. The maximum atomic E-state index is 13.3. The molecule has 0 saturated heterocycles. The molecule has 5 nitrogen and oxygen atoms in total. The Labute approximate surface area is 120 Å². The standard InChI is InChI=1S/C15H15FN2O3/c16-10-6-7-11(13(14(10)17)15(20)21)18-8-12(19)9-4-2-1-3-5-9/h1-7,12,18-19H,8,17H2,(H,20,21). The van der Waals surface area contributed by atoms with Gasteiger partial charge in [0.15, 0.2) is 0 Å². The molecule has 5 N–H and O–H groups in total. The van der Waals surface area contributed by atoms with Crippen molar-refractivity contribution in [3.63, 3.8) is 0 Å². The Morgan fingerprint density at radius 1 is 1.24 bits per heavy atom. The molecule has 2 rings (SSSR count). The highest BCUT2D eigenvalue weighted by molar-refractivity contribution is 6.00. The van der Waals surface area contributed by atoms with Crippen molar-refractivity contribution < 1.29 is 19.4 Å². The van der Waals surface area contributed by atoms with Crippen LogP contribution in [0.3, 0.4) is 0 Å². The Morgan fingerprint density at radius 3 is 2.52 bits per heavy atom. The van der Waals surface area contributed by atoms with Gasteiger partial charge in [-0.2, -0.15) is 0 Å². The molecule has 0 aliphatic heterocycles. The molecule has 6 heteroatoms. The van der Waals surface area contributed by atoms with Gasteiger partial charge in [0.05, 0.1) is 17.5 Å². The molecule has 1 unspecified atom stereocenters. The lowest BCUT2D eigenvalue weighted by Gasteiger charge is -2.15. The third-order valence-electron chi connectivity index (χ3n) is 3.08. The SMILES string of the molecule is Nc1c(F)ccc(NCC(O)c2ccccc2)c1C(=O)O. The first-order chi connectivity index (χ1) is 10.0. The largest absolute Gasteiger partial charge is 0.478 e. The van der Waals surface area contributed by atoms with Crippen LogP contribution in [0.1, 0.15) is 22.0 Å². The van der Waals surface area contributed by atoms with E-state index in [2.05, 4.69) is 5.32 Å². The third kappa shape index (κ3) is 3.29. The van der Waals surface area contributed by atoms with Crippen LogP contribution in [0, 0.1) is 5.82 Å². The summed E-state index contributed by atoms with van der Waals surface area (Å²) >= 11 is 0. The van der Waals surface area contributed by atoms with Crippen LogP contribution in [0.25, 0.3) is 0 Å². The fraction of sp³-hybridized carbons (Fsp3) is 0.133. The maximum Gasteiger partial charge on any atom is 0.340 e. The van der Waals surface area contributed by atoms with Crippen molar-refractivity contribution in [1.82, 2.24) is 0 Å². The number of nitrogen functional groups attached to an aromatic ring is 1. The molecular formula is C15H15FN2O3. The molecule has 0 heterocycles. The van der Waals surface area contributed by atoms with Gasteiger partial charge in [-0.1, -0.05) is 30.3 Å². The number of aliphatic hydroxyl groups is 1. The fourth-order valence-electron chi connectivity index (χ4n) is 1.97. The Bertz CT molecular complexity index is 647. The molecule has 0 fully saturated rings. The monoisotopic (exact) mass is 290 g/mol. The van der Waals surface area contributed by atoms with Crippen molar-refractivity contribution in [2.45, 2.75) is 6.10 Å². The first-order valence-corrected chi connectivity index (χ1v) is 6.29. The highest BCUT2D eigenvalue weighted by Crippen LogP contribution is 2.26. The molecular weight excluding hydrogens is 275 g/mol. The molecule has 2 aromatic carbocycles. The quantitative estimate of drug-likeness (QED) is 0.633. The summed E-state index contributed by atoms with van der Waals surface area (Å²) in [4.78, 5) is 11.2. The van der Waals surface area contributed by atoms with E-state index in [1.807, 2.05) is 6.07 Å². The van der Waals surface area contributed by atoms with E-state index in [1.165, 1.54) is 6.07 Å². The minimum absolute atomic E-state index is 0.0787. The summed E-state index contributed by atoms with van der Waals surface area (Å²) in [5.74, 6) is -2.12. The van der Waals surface area contributed by atoms with E-state index in [0.29, 0.717) is 5.56 Å². The second kappa shape index (κ2) is 6.23. The number of anilines is 2. The normalized spacial score (nSPS) is 11.9. The zero-order chi connectivity index (χ0) is 15.4. The van der Waals surface area contributed by atoms with Gasteiger partial charge in [0.2, 0.25) is 0 Å². The van der Waals surface area contributed by atoms with Gasteiger partial charge in [-0.3, -0.25) is 0 Å². The van der Waals surface area contributed by atoms with Crippen molar-refractivity contribution in [2.24, 2.45) is 0 Å². The molecule has 0 aliphatic rings. The Balaban J connectivity index is 2.17. The van der Waals surface area contributed by atoms with Crippen LogP contribution < -0.4 is 11.1 Å². The molecule has 0 saturated carbocycles. The lowest BCUT2D eigenvalue weighted by Crippen LogP contribution is -2.16. The number of carboxylic acid groups (broad SMARTS) is 1. The van der Waals surface area contributed by atoms with E-state index in [-0.39, 0.29) is 17.8 Å². The number of aliphatic hydroxyl groups excluding tert-OH is 1.